The maximum Gasteiger partial charge on any atom is 0.255 e. The molecule has 0 fully saturated rings. The molecule has 25 heavy (non-hydrogen) atoms. The van der Waals surface area contributed by atoms with Crippen LogP contribution in [0.15, 0.2) is 76.4 Å². The molecular formula is C19H17BrN2O2S. The molecule has 1 heterocycles. The molecule has 3 aromatic rings. The molecule has 0 amide bonds. The van der Waals surface area contributed by atoms with Crippen LogP contribution in [0.25, 0.3) is 0 Å². The highest BCUT2D eigenvalue weighted by Gasteiger charge is 2.21. The quantitative estimate of drug-likeness (QED) is 0.644. The number of hydrogen-bond donors (Lipinski definition) is 1. The van der Waals surface area contributed by atoms with E-state index in [2.05, 4.69) is 20.9 Å². The number of nitrogens with zero attached hydrogens (tertiary/aromatic N) is 1. The Morgan fingerprint density at radius 1 is 0.880 bits per heavy atom. The average Bonchev–Trinajstić information content (AvgIpc) is 2.58. The van der Waals surface area contributed by atoms with Gasteiger partial charge in [0.25, 0.3) is 10.0 Å². The van der Waals surface area contributed by atoms with Gasteiger partial charge in [-0.1, -0.05) is 60.7 Å². The van der Waals surface area contributed by atoms with Crippen LogP contribution in [0.5, 0.6) is 0 Å². The molecule has 0 saturated heterocycles. The van der Waals surface area contributed by atoms with Crippen molar-refractivity contribution in [3.63, 3.8) is 0 Å². The van der Waals surface area contributed by atoms with Crippen LogP contribution in [0.3, 0.4) is 0 Å². The van der Waals surface area contributed by atoms with Crippen molar-refractivity contribution in [1.82, 2.24) is 4.98 Å². The normalized spacial score (nSPS) is 11.4. The average molecular weight is 417 g/mol. The molecule has 0 aliphatic rings. The van der Waals surface area contributed by atoms with Gasteiger partial charge in [0, 0.05) is 6.42 Å². The Bertz CT molecular complexity index is 975. The van der Waals surface area contributed by atoms with E-state index < -0.39 is 10.0 Å². The monoisotopic (exact) mass is 416 g/mol. The molecule has 1 aromatic heterocycles. The topological polar surface area (TPSA) is 73.1 Å². The van der Waals surface area contributed by atoms with Gasteiger partial charge in [-0.15, -0.1) is 0 Å². The largest absolute Gasteiger partial charge is 0.255 e. The Hall–Kier alpha value is -2.02. The van der Waals surface area contributed by atoms with Gasteiger partial charge in [-0.2, -0.15) is 0 Å². The summed E-state index contributed by atoms with van der Waals surface area (Å²) in [5.41, 5.74) is 3.63. The first-order valence-electron chi connectivity index (χ1n) is 7.72. The van der Waals surface area contributed by atoms with Crippen molar-refractivity contribution in [3.05, 3.63) is 93.6 Å². The molecule has 0 bridgehead atoms. The summed E-state index contributed by atoms with van der Waals surface area (Å²) in [6.07, 6.45) is 1.06. The zero-order valence-corrected chi connectivity index (χ0v) is 15.8. The Balaban J connectivity index is 2.13. The number of sulfonamides is 1. The first-order chi connectivity index (χ1) is 11.9. The molecule has 0 atom stereocenters. The minimum atomic E-state index is -3.93. The lowest BCUT2D eigenvalue weighted by molar-refractivity contribution is 0.592. The minimum Gasteiger partial charge on any atom is -0.228 e. The van der Waals surface area contributed by atoms with Crippen LogP contribution >= 0.6 is 15.9 Å². The zero-order chi connectivity index (χ0) is 17.9. The Morgan fingerprint density at radius 2 is 1.40 bits per heavy atom. The van der Waals surface area contributed by atoms with Crippen molar-refractivity contribution >= 4 is 26.0 Å². The number of aromatic nitrogens is 1. The molecule has 0 aliphatic carbocycles. The van der Waals surface area contributed by atoms with E-state index in [1.807, 2.05) is 66.7 Å². The van der Waals surface area contributed by atoms with Crippen LogP contribution in [-0.4, -0.2) is 13.4 Å². The van der Waals surface area contributed by atoms with Gasteiger partial charge in [0.05, 0.1) is 0 Å². The standard InChI is InChI=1S/C19H17BrN2O2S/c20-18-13-16(11-14-7-3-1-4-8-14)17(19(22-18)25(21,23)24)12-15-9-5-2-6-10-15/h1-10,13H,11-12H2,(H2,21,23,24). The van der Waals surface area contributed by atoms with E-state index in [1.165, 1.54) is 0 Å². The molecule has 0 radical (unpaired) electrons. The fourth-order valence-electron chi connectivity index (χ4n) is 2.76. The van der Waals surface area contributed by atoms with Gasteiger partial charge < -0.3 is 0 Å². The van der Waals surface area contributed by atoms with Crippen LogP contribution in [0.1, 0.15) is 22.3 Å². The SMILES string of the molecule is NS(=O)(=O)c1nc(Br)cc(Cc2ccccc2)c1Cc1ccccc1. The predicted molar refractivity (Wildman–Crippen MR) is 102 cm³/mol. The van der Waals surface area contributed by atoms with Gasteiger partial charge in [0.15, 0.2) is 5.03 Å². The van der Waals surface area contributed by atoms with Crippen LogP contribution in [0, 0.1) is 0 Å². The van der Waals surface area contributed by atoms with E-state index in [1.54, 1.807) is 0 Å². The number of halogens is 1. The van der Waals surface area contributed by atoms with Gasteiger partial charge in [-0.25, -0.2) is 18.5 Å². The van der Waals surface area contributed by atoms with Crippen molar-refractivity contribution in [2.45, 2.75) is 17.9 Å². The molecule has 128 valence electrons. The predicted octanol–water partition coefficient (Wildman–Crippen LogP) is 3.67. The highest BCUT2D eigenvalue weighted by molar-refractivity contribution is 9.10. The van der Waals surface area contributed by atoms with Gasteiger partial charge in [0.2, 0.25) is 0 Å². The van der Waals surface area contributed by atoms with Crippen LogP contribution < -0.4 is 5.14 Å². The first-order valence-corrected chi connectivity index (χ1v) is 10.1. The Morgan fingerprint density at radius 3 is 1.92 bits per heavy atom. The van der Waals surface area contributed by atoms with Gasteiger partial charge >= 0.3 is 0 Å². The third-order valence-electron chi connectivity index (χ3n) is 3.88. The van der Waals surface area contributed by atoms with E-state index >= 15 is 0 Å². The summed E-state index contributed by atoms with van der Waals surface area (Å²) in [4.78, 5) is 4.15. The van der Waals surface area contributed by atoms with Gasteiger partial charge in [-0.05, 0) is 50.7 Å². The van der Waals surface area contributed by atoms with Crippen LogP contribution in [0.4, 0.5) is 0 Å². The van der Waals surface area contributed by atoms with Crippen molar-refractivity contribution in [3.8, 4) is 0 Å². The molecule has 4 nitrogen and oxygen atoms in total. The third kappa shape index (κ3) is 4.54. The summed E-state index contributed by atoms with van der Waals surface area (Å²) in [6.45, 7) is 0. The summed E-state index contributed by atoms with van der Waals surface area (Å²) >= 11 is 3.31. The van der Waals surface area contributed by atoms with E-state index in [0.29, 0.717) is 23.0 Å². The Labute approximate surface area is 155 Å². The van der Waals surface area contributed by atoms with Crippen molar-refractivity contribution in [2.75, 3.05) is 0 Å². The second kappa shape index (κ2) is 7.47. The molecule has 0 unspecified atom stereocenters. The molecule has 2 aromatic carbocycles. The van der Waals surface area contributed by atoms with E-state index in [-0.39, 0.29) is 5.03 Å². The lowest BCUT2D eigenvalue weighted by Crippen LogP contribution is -2.18. The number of benzene rings is 2. The third-order valence-corrected chi connectivity index (χ3v) is 5.16. The van der Waals surface area contributed by atoms with E-state index in [0.717, 1.165) is 16.7 Å². The van der Waals surface area contributed by atoms with Gasteiger partial charge in [0.1, 0.15) is 4.60 Å². The lowest BCUT2D eigenvalue weighted by Gasteiger charge is -2.14. The number of pyridine rings is 1. The molecule has 0 spiro atoms. The molecule has 2 N–H and O–H groups in total. The summed E-state index contributed by atoms with van der Waals surface area (Å²) in [5.74, 6) is 0. The highest BCUT2D eigenvalue weighted by atomic mass is 79.9. The fourth-order valence-corrected chi connectivity index (χ4v) is 4.11. The fraction of sp³-hybridized carbons (Fsp3) is 0.105. The van der Waals surface area contributed by atoms with Gasteiger partial charge in [-0.3, -0.25) is 0 Å². The lowest BCUT2D eigenvalue weighted by atomic mass is 9.97. The summed E-state index contributed by atoms with van der Waals surface area (Å²) in [7, 11) is -3.93. The summed E-state index contributed by atoms with van der Waals surface area (Å²) < 4.78 is 24.6. The number of rotatable bonds is 5. The minimum absolute atomic E-state index is 0.0725. The maximum atomic E-state index is 12.1. The first kappa shape index (κ1) is 17.8. The molecule has 3 rings (SSSR count). The molecule has 6 heteroatoms. The number of primary sulfonamides is 1. The van der Waals surface area contributed by atoms with Crippen molar-refractivity contribution in [1.29, 1.82) is 0 Å². The number of hydrogen-bond acceptors (Lipinski definition) is 3. The van der Waals surface area contributed by atoms with E-state index in [9.17, 15) is 8.42 Å². The second-order valence-electron chi connectivity index (χ2n) is 5.76. The molecular weight excluding hydrogens is 400 g/mol. The smallest absolute Gasteiger partial charge is 0.228 e. The zero-order valence-electron chi connectivity index (χ0n) is 13.4. The summed E-state index contributed by atoms with van der Waals surface area (Å²) in [5, 5.41) is 5.36. The molecule has 0 saturated carbocycles. The van der Waals surface area contributed by atoms with Crippen LogP contribution in [-0.2, 0) is 22.9 Å². The van der Waals surface area contributed by atoms with Crippen molar-refractivity contribution < 1.29 is 8.42 Å². The number of nitrogens with two attached hydrogens (primary N) is 1. The van der Waals surface area contributed by atoms with E-state index in [4.69, 9.17) is 5.14 Å². The highest BCUT2D eigenvalue weighted by Crippen LogP contribution is 2.26. The summed E-state index contributed by atoms with van der Waals surface area (Å²) in [6, 6.07) is 21.5. The van der Waals surface area contributed by atoms with Crippen LogP contribution in [0.2, 0.25) is 0 Å². The maximum absolute atomic E-state index is 12.1. The van der Waals surface area contributed by atoms with Crippen molar-refractivity contribution in [2.24, 2.45) is 5.14 Å². The Kier molecular flexibility index (Phi) is 5.32. The second-order valence-corrected chi connectivity index (χ2v) is 8.05. The molecule has 0 aliphatic heterocycles.